The second-order valence-corrected chi connectivity index (χ2v) is 13.8. The number of nitrogens with zero attached hydrogens (tertiary/aromatic N) is 4. The van der Waals surface area contributed by atoms with Gasteiger partial charge in [0.1, 0.15) is 5.52 Å². The van der Waals surface area contributed by atoms with E-state index in [1.165, 1.54) is 16.3 Å². The van der Waals surface area contributed by atoms with E-state index in [4.69, 9.17) is 24.4 Å². The Hall–Kier alpha value is -7.50. The van der Waals surface area contributed by atoms with Crippen molar-refractivity contribution in [2.75, 3.05) is 0 Å². The van der Waals surface area contributed by atoms with Crippen molar-refractivity contribution < 1.29 is 4.42 Å². The molecule has 0 spiro atoms. The highest BCUT2D eigenvalue weighted by atomic mass is 16.3. The lowest BCUT2D eigenvalue weighted by Crippen LogP contribution is -2.00. The summed E-state index contributed by atoms with van der Waals surface area (Å²) in [5, 5.41) is 8.95. The van der Waals surface area contributed by atoms with Gasteiger partial charge in [0.2, 0.25) is 5.89 Å². The van der Waals surface area contributed by atoms with Crippen molar-refractivity contribution >= 4 is 54.2 Å². The van der Waals surface area contributed by atoms with E-state index in [-0.39, 0.29) is 0 Å². The molecule has 0 fully saturated rings. The van der Waals surface area contributed by atoms with Crippen LogP contribution in [0.15, 0.2) is 186 Å². The Kier molecular flexibility index (Phi) is 7.10. The van der Waals surface area contributed by atoms with E-state index in [0.29, 0.717) is 23.4 Å². The summed E-state index contributed by atoms with van der Waals surface area (Å²) in [5.74, 6) is 2.47. The molecule has 0 aliphatic heterocycles. The van der Waals surface area contributed by atoms with Gasteiger partial charge in [0.15, 0.2) is 23.1 Å². The average molecular weight is 703 g/mol. The molecule has 0 saturated carbocycles. The zero-order valence-corrected chi connectivity index (χ0v) is 29.5. The maximum Gasteiger partial charge on any atom is 0.227 e. The Morgan fingerprint density at radius 1 is 0.327 bits per heavy atom. The number of hydrogen-bond acceptors (Lipinski definition) is 5. The lowest BCUT2D eigenvalue weighted by Gasteiger charge is -2.13. The second-order valence-electron chi connectivity index (χ2n) is 13.8. The molecule has 2 heterocycles. The fourth-order valence-corrected chi connectivity index (χ4v) is 7.80. The third-order valence-electron chi connectivity index (χ3n) is 10.5. The molecule has 0 saturated heterocycles. The number of benzene rings is 9. The molecule has 0 aliphatic carbocycles. The number of hydrogen-bond donors (Lipinski definition) is 0. The molecule has 55 heavy (non-hydrogen) atoms. The summed E-state index contributed by atoms with van der Waals surface area (Å²) >= 11 is 0. The molecule has 0 amide bonds. The summed E-state index contributed by atoms with van der Waals surface area (Å²) in [4.78, 5) is 20.2. The van der Waals surface area contributed by atoms with E-state index >= 15 is 0 Å². The van der Waals surface area contributed by atoms with Gasteiger partial charge in [-0.25, -0.2) is 19.9 Å². The monoisotopic (exact) mass is 702 g/mol. The van der Waals surface area contributed by atoms with Gasteiger partial charge in [0.25, 0.3) is 0 Å². The van der Waals surface area contributed by atoms with Crippen LogP contribution in [0.25, 0.3) is 111 Å². The van der Waals surface area contributed by atoms with Crippen molar-refractivity contribution in [3.05, 3.63) is 182 Å². The summed E-state index contributed by atoms with van der Waals surface area (Å²) in [6.45, 7) is 0. The van der Waals surface area contributed by atoms with Crippen molar-refractivity contribution in [1.29, 1.82) is 0 Å². The quantitative estimate of drug-likeness (QED) is 0.167. The maximum atomic E-state index is 6.58. The molecule has 5 nitrogen and oxygen atoms in total. The van der Waals surface area contributed by atoms with Crippen LogP contribution in [0.1, 0.15) is 0 Å². The van der Waals surface area contributed by atoms with E-state index in [1.54, 1.807) is 0 Å². The molecule has 5 heteroatoms. The second kappa shape index (κ2) is 12.6. The van der Waals surface area contributed by atoms with Gasteiger partial charge in [-0.15, -0.1) is 0 Å². The van der Waals surface area contributed by atoms with Crippen molar-refractivity contribution in [3.8, 4) is 56.7 Å². The van der Waals surface area contributed by atoms with Gasteiger partial charge in [-0.2, -0.15) is 0 Å². The molecular formula is C50H30N4O. The smallest absolute Gasteiger partial charge is 0.227 e. The average Bonchev–Trinajstić information content (AvgIpc) is 3.71. The minimum atomic E-state index is 0.609. The van der Waals surface area contributed by atoms with Crippen molar-refractivity contribution in [2.45, 2.75) is 0 Å². The summed E-state index contributed by atoms with van der Waals surface area (Å²) in [6.07, 6.45) is 0. The van der Waals surface area contributed by atoms with Gasteiger partial charge in [-0.05, 0) is 67.7 Å². The van der Waals surface area contributed by atoms with E-state index < -0.39 is 0 Å². The summed E-state index contributed by atoms with van der Waals surface area (Å²) in [7, 11) is 0. The van der Waals surface area contributed by atoms with Crippen LogP contribution >= 0.6 is 0 Å². The Morgan fingerprint density at radius 2 is 0.909 bits per heavy atom. The topological polar surface area (TPSA) is 64.7 Å². The third-order valence-corrected chi connectivity index (χ3v) is 10.5. The fraction of sp³-hybridized carbons (Fsp3) is 0. The lowest BCUT2D eigenvalue weighted by atomic mass is 9.93. The van der Waals surface area contributed by atoms with Crippen molar-refractivity contribution in [3.63, 3.8) is 0 Å². The molecule has 11 rings (SSSR count). The molecule has 0 N–H and O–H groups in total. The zero-order chi connectivity index (χ0) is 36.3. The van der Waals surface area contributed by atoms with Gasteiger partial charge in [-0.3, -0.25) is 0 Å². The number of aromatic nitrogens is 4. The van der Waals surface area contributed by atoms with E-state index in [9.17, 15) is 0 Å². The highest BCUT2D eigenvalue weighted by Gasteiger charge is 2.18. The van der Waals surface area contributed by atoms with Gasteiger partial charge in [0, 0.05) is 33.0 Å². The maximum absolute atomic E-state index is 6.58. The van der Waals surface area contributed by atoms with Crippen LogP contribution in [-0.2, 0) is 0 Å². The normalized spacial score (nSPS) is 11.6. The molecular weight excluding hydrogens is 673 g/mol. The van der Waals surface area contributed by atoms with Gasteiger partial charge in [-0.1, -0.05) is 158 Å². The predicted octanol–water partition coefficient (Wildman–Crippen LogP) is 13.0. The predicted molar refractivity (Wildman–Crippen MR) is 225 cm³/mol. The minimum absolute atomic E-state index is 0.609. The molecule has 0 radical (unpaired) electrons. The van der Waals surface area contributed by atoms with Crippen LogP contribution in [-0.4, -0.2) is 19.9 Å². The van der Waals surface area contributed by atoms with Crippen LogP contribution in [0.4, 0.5) is 0 Å². The molecule has 0 bridgehead atoms. The Morgan fingerprint density at radius 3 is 1.69 bits per heavy atom. The Balaban J connectivity index is 1.09. The van der Waals surface area contributed by atoms with Crippen LogP contribution in [0.5, 0.6) is 0 Å². The Bertz CT molecular complexity index is 3250. The molecule has 256 valence electrons. The summed E-state index contributed by atoms with van der Waals surface area (Å²) in [5.41, 5.74) is 7.64. The van der Waals surface area contributed by atoms with Crippen LogP contribution in [0, 0.1) is 0 Å². The minimum Gasteiger partial charge on any atom is -0.435 e. The first-order chi connectivity index (χ1) is 27.2. The van der Waals surface area contributed by atoms with Gasteiger partial charge in [0.05, 0.1) is 0 Å². The summed E-state index contributed by atoms with van der Waals surface area (Å²) < 4.78 is 6.58. The molecule has 11 aromatic rings. The fourth-order valence-electron chi connectivity index (χ4n) is 7.80. The summed E-state index contributed by atoms with van der Waals surface area (Å²) in [6, 6.07) is 63.0. The number of rotatable bonds is 5. The molecule has 0 unspecified atom stereocenters. The van der Waals surface area contributed by atoms with Crippen LogP contribution in [0.2, 0.25) is 0 Å². The van der Waals surface area contributed by atoms with Crippen LogP contribution < -0.4 is 0 Å². The van der Waals surface area contributed by atoms with Crippen molar-refractivity contribution in [1.82, 2.24) is 19.9 Å². The number of fused-ring (bicyclic) bond motifs is 8. The SMILES string of the molecule is c1ccc(-c2nc(-c3ccc(-c4ccc5ccccc5c4)cc3)nc(-c3cccc4c3ccc3ccc5ccc6nc(-c7ccccc7)oc6c5c34)n2)cc1. The standard InChI is InChI=1S/C50H30N4O/c1-3-11-35(12-4-1)47-52-48(36-23-18-32(19-24-36)39-25-20-31-10-7-8-15-38(31)30-39)54-49(53-47)42-17-9-16-41-40(42)28-26-33-21-22-34-27-29-43-46(45(34)44(33)41)55-50(51-43)37-13-5-2-6-14-37/h1-30H. The third kappa shape index (κ3) is 5.33. The van der Waals surface area contributed by atoms with E-state index in [0.717, 1.165) is 71.2 Å². The van der Waals surface area contributed by atoms with E-state index in [1.807, 2.05) is 66.7 Å². The lowest BCUT2D eigenvalue weighted by molar-refractivity contribution is 0.623. The zero-order valence-electron chi connectivity index (χ0n) is 29.5. The first kappa shape index (κ1) is 31.1. The van der Waals surface area contributed by atoms with E-state index in [2.05, 4.69) is 115 Å². The number of oxazole rings is 1. The molecule has 0 atom stereocenters. The molecule has 9 aromatic carbocycles. The first-order valence-electron chi connectivity index (χ1n) is 18.4. The van der Waals surface area contributed by atoms with Gasteiger partial charge < -0.3 is 4.42 Å². The van der Waals surface area contributed by atoms with Crippen LogP contribution in [0.3, 0.4) is 0 Å². The Labute approximate surface area is 316 Å². The highest BCUT2D eigenvalue weighted by molar-refractivity contribution is 6.27. The first-order valence-corrected chi connectivity index (χ1v) is 18.4. The molecule has 2 aromatic heterocycles. The highest BCUT2D eigenvalue weighted by Crippen LogP contribution is 2.40. The van der Waals surface area contributed by atoms with Gasteiger partial charge >= 0.3 is 0 Å². The molecule has 0 aliphatic rings. The van der Waals surface area contributed by atoms with Crippen molar-refractivity contribution in [2.24, 2.45) is 0 Å². The largest absolute Gasteiger partial charge is 0.435 e.